The van der Waals surface area contributed by atoms with E-state index in [2.05, 4.69) is 45.3 Å². The third-order valence-corrected chi connectivity index (χ3v) is 6.11. The highest BCUT2D eigenvalue weighted by Crippen LogP contribution is 2.20. The van der Waals surface area contributed by atoms with Gasteiger partial charge >= 0.3 is 0 Å². The zero-order valence-electron chi connectivity index (χ0n) is 19.4. The Labute approximate surface area is 196 Å². The molecule has 0 spiro atoms. The molecule has 0 unspecified atom stereocenters. The van der Waals surface area contributed by atoms with Gasteiger partial charge in [-0.1, -0.05) is 54.6 Å². The first-order valence-corrected chi connectivity index (χ1v) is 11.5. The minimum atomic E-state index is -0.139. The highest BCUT2D eigenvalue weighted by molar-refractivity contribution is 5.93. The average molecular weight is 445 g/mol. The fraction of sp³-hybridized carbons (Fsp3) is 0.333. The van der Waals surface area contributed by atoms with Gasteiger partial charge in [-0.05, 0) is 36.7 Å². The van der Waals surface area contributed by atoms with E-state index in [1.807, 2.05) is 43.3 Å². The van der Waals surface area contributed by atoms with Crippen molar-refractivity contribution in [2.75, 3.05) is 33.2 Å². The molecule has 1 saturated heterocycles. The summed E-state index contributed by atoms with van der Waals surface area (Å²) in [4.78, 5) is 21.9. The van der Waals surface area contributed by atoms with Crippen molar-refractivity contribution in [2.24, 2.45) is 0 Å². The van der Waals surface area contributed by atoms with E-state index in [-0.39, 0.29) is 12.0 Å². The molecular formula is C27H32N4O2. The normalized spacial score (nSPS) is 15.7. The summed E-state index contributed by atoms with van der Waals surface area (Å²) in [6.45, 7) is 7.71. The molecule has 6 nitrogen and oxygen atoms in total. The molecule has 1 fully saturated rings. The molecule has 3 aromatic rings. The molecule has 2 aromatic carbocycles. The molecule has 0 radical (unpaired) electrons. The molecule has 1 aromatic heterocycles. The number of amides is 1. The lowest BCUT2D eigenvalue weighted by molar-refractivity contribution is 0.0950. The summed E-state index contributed by atoms with van der Waals surface area (Å²) in [6.07, 6.45) is 1.45. The van der Waals surface area contributed by atoms with Crippen LogP contribution in [0, 0.1) is 0 Å². The molecular weight excluding hydrogens is 412 g/mol. The number of nitrogens with one attached hydrogen (secondary N) is 1. The van der Waals surface area contributed by atoms with Crippen molar-refractivity contribution in [3.63, 3.8) is 0 Å². The van der Waals surface area contributed by atoms with Gasteiger partial charge in [0.2, 0.25) is 5.88 Å². The monoisotopic (exact) mass is 444 g/mol. The largest absolute Gasteiger partial charge is 0.470 e. The molecule has 1 amide bonds. The zero-order valence-corrected chi connectivity index (χ0v) is 19.4. The lowest BCUT2D eigenvalue weighted by atomic mass is 10.1. The van der Waals surface area contributed by atoms with Crippen LogP contribution in [-0.2, 0) is 13.1 Å². The number of carbonyl (C=O) groups excluding carboxylic acids is 1. The number of hydrogen-bond donors (Lipinski definition) is 1. The van der Waals surface area contributed by atoms with Crippen molar-refractivity contribution in [1.82, 2.24) is 20.1 Å². The van der Waals surface area contributed by atoms with Crippen LogP contribution in [0.1, 0.15) is 40.1 Å². The predicted octanol–water partition coefficient (Wildman–Crippen LogP) is 3.90. The number of nitrogens with zero attached hydrogens (tertiary/aromatic N) is 3. The number of hydrogen-bond acceptors (Lipinski definition) is 5. The van der Waals surface area contributed by atoms with E-state index in [0.717, 1.165) is 43.9 Å². The third kappa shape index (κ3) is 6.40. The molecule has 0 bridgehead atoms. The van der Waals surface area contributed by atoms with Crippen molar-refractivity contribution in [1.29, 1.82) is 0 Å². The Morgan fingerprint density at radius 2 is 1.67 bits per heavy atom. The Morgan fingerprint density at radius 3 is 2.36 bits per heavy atom. The van der Waals surface area contributed by atoms with Gasteiger partial charge in [0, 0.05) is 51.5 Å². The first kappa shape index (κ1) is 23.0. The maximum atomic E-state index is 12.7. The first-order chi connectivity index (χ1) is 16.1. The molecule has 1 N–H and O–H groups in total. The lowest BCUT2D eigenvalue weighted by Gasteiger charge is -2.32. The molecule has 172 valence electrons. The van der Waals surface area contributed by atoms with E-state index in [0.29, 0.717) is 18.0 Å². The van der Waals surface area contributed by atoms with Crippen LogP contribution in [0.15, 0.2) is 72.9 Å². The quantitative estimate of drug-likeness (QED) is 0.571. The Kier molecular flexibility index (Phi) is 7.70. The standard InChI is InChI=1S/C27H32N4O2/c1-21(22-8-4-3-5-9-22)33-26-13-12-24(19-28-26)27(32)29-18-23-10-6-7-11-25(23)20-31-16-14-30(2)15-17-31/h3-13,19,21H,14-18,20H2,1-2H3,(H,29,32)/t21-/m1/s1. The van der Waals surface area contributed by atoms with Crippen molar-refractivity contribution in [3.05, 3.63) is 95.2 Å². The minimum Gasteiger partial charge on any atom is -0.470 e. The number of carbonyl (C=O) groups is 1. The van der Waals surface area contributed by atoms with E-state index in [1.165, 1.54) is 5.56 Å². The van der Waals surface area contributed by atoms with Gasteiger partial charge in [0.05, 0.1) is 5.56 Å². The van der Waals surface area contributed by atoms with Crippen LogP contribution in [0.25, 0.3) is 0 Å². The van der Waals surface area contributed by atoms with Gasteiger partial charge in [0.15, 0.2) is 0 Å². The van der Waals surface area contributed by atoms with Crippen LogP contribution >= 0.6 is 0 Å². The third-order valence-electron chi connectivity index (χ3n) is 6.11. The van der Waals surface area contributed by atoms with Crippen molar-refractivity contribution in [2.45, 2.75) is 26.1 Å². The topological polar surface area (TPSA) is 57.7 Å². The molecule has 2 heterocycles. The highest BCUT2D eigenvalue weighted by Gasteiger charge is 2.16. The number of ether oxygens (including phenoxy) is 1. The number of rotatable bonds is 8. The van der Waals surface area contributed by atoms with Gasteiger partial charge in [-0.3, -0.25) is 9.69 Å². The van der Waals surface area contributed by atoms with E-state index in [9.17, 15) is 4.79 Å². The summed E-state index contributed by atoms with van der Waals surface area (Å²) in [6, 6.07) is 21.8. The fourth-order valence-corrected chi connectivity index (χ4v) is 3.97. The summed E-state index contributed by atoms with van der Waals surface area (Å²) < 4.78 is 5.91. The SMILES string of the molecule is C[C@@H](Oc1ccc(C(=O)NCc2ccccc2CN2CCN(C)CC2)cn1)c1ccccc1. The van der Waals surface area contributed by atoms with Crippen LogP contribution in [0.3, 0.4) is 0 Å². The van der Waals surface area contributed by atoms with Crippen LogP contribution in [0.4, 0.5) is 0 Å². The van der Waals surface area contributed by atoms with Gasteiger partial charge in [0.1, 0.15) is 6.10 Å². The van der Waals surface area contributed by atoms with Gasteiger partial charge in [-0.2, -0.15) is 0 Å². The second kappa shape index (κ2) is 11.1. The Hall–Kier alpha value is -3.22. The molecule has 6 heteroatoms. The number of pyridine rings is 1. The zero-order chi connectivity index (χ0) is 23.0. The summed E-state index contributed by atoms with van der Waals surface area (Å²) in [5.41, 5.74) is 4.01. The van der Waals surface area contributed by atoms with Crippen LogP contribution in [-0.4, -0.2) is 53.9 Å². The van der Waals surface area contributed by atoms with E-state index < -0.39 is 0 Å². The van der Waals surface area contributed by atoms with E-state index in [4.69, 9.17) is 4.74 Å². The first-order valence-electron chi connectivity index (χ1n) is 11.5. The Morgan fingerprint density at radius 1 is 0.970 bits per heavy atom. The lowest BCUT2D eigenvalue weighted by Crippen LogP contribution is -2.44. The smallest absolute Gasteiger partial charge is 0.253 e. The molecule has 33 heavy (non-hydrogen) atoms. The van der Waals surface area contributed by atoms with Crippen molar-refractivity contribution in [3.8, 4) is 5.88 Å². The second-order valence-corrected chi connectivity index (χ2v) is 8.59. The number of likely N-dealkylation sites (N-methyl/N-ethyl adjacent to an activating group) is 1. The van der Waals surface area contributed by atoms with E-state index in [1.54, 1.807) is 18.3 Å². The highest BCUT2D eigenvalue weighted by atomic mass is 16.5. The summed E-state index contributed by atoms with van der Waals surface area (Å²) in [7, 11) is 2.16. The minimum absolute atomic E-state index is 0.116. The fourth-order valence-electron chi connectivity index (χ4n) is 3.97. The van der Waals surface area contributed by atoms with Gasteiger partial charge in [-0.25, -0.2) is 4.98 Å². The Balaban J connectivity index is 1.32. The molecule has 1 aliphatic rings. The molecule has 1 aliphatic heterocycles. The maximum absolute atomic E-state index is 12.7. The van der Waals surface area contributed by atoms with E-state index >= 15 is 0 Å². The summed E-state index contributed by atoms with van der Waals surface area (Å²) in [5, 5.41) is 3.04. The number of benzene rings is 2. The molecule has 1 atom stereocenters. The average Bonchev–Trinajstić information content (AvgIpc) is 2.85. The van der Waals surface area contributed by atoms with Crippen LogP contribution in [0.5, 0.6) is 5.88 Å². The molecule has 0 saturated carbocycles. The molecule has 0 aliphatic carbocycles. The molecule has 4 rings (SSSR count). The number of aromatic nitrogens is 1. The van der Waals surface area contributed by atoms with Gasteiger partial charge in [-0.15, -0.1) is 0 Å². The van der Waals surface area contributed by atoms with Crippen LogP contribution in [0.2, 0.25) is 0 Å². The van der Waals surface area contributed by atoms with Gasteiger partial charge < -0.3 is 15.0 Å². The summed E-state index contributed by atoms with van der Waals surface area (Å²) in [5.74, 6) is 0.361. The summed E-state index contributed by atoms with van der Waals surface area (Å²) >= 11 is 0. The van der Waals surface area contributed by atoms with Crippen molar-refractivity contribution >= 4 is 5.91 Å². The van der Waals surface area contributed by atoms with Crippen molar-refractivity contribution < 1.29 is 9.53 Å². The number of piperazine rings is 1. The van der Waals surface area contributed by atoms with Crippen LogP contribution < -0.4 is 10.1 Å². The predicted molar refractivity (Wildman–Crippen MR) is 130 cm³/mol. The van der Waals surface area contributed by atoms with Gasteiger partial charge in [0.25, 0.3) is 5.91 Å². The Bertz CT molecular complexity index is 1030. The second-order valence-electron chi connectivity index (χ2n) is 8.59. The maximum Gasteiger partial charge on any atom is 0.253 e.